The summed E-state index contributed by atoms with van der Waals surface area (Å²) in [6.45, 7) is 1.83. The number of halogens is 1. The molecule has 0 fully saturated rings. The fourth-order valence-corrected chi connectivity index (χ4v) is 1.74. The second-order valence-electron chi connectivity index (χ2n) is 4.06. The van der Waals surface area contributed by atoms with Gasteiger partial charge in [0.1, 0.15) is 11.4 Å². The van der Waals surface area contributed by atoms with Crippen LogP contribution in [0.1, 0.15) is 16.1 Å². The Labute approximate surface area is 119 Å². The van der Waals surface area contributed by atoms with Crippen molar-refractivity contribution in [1.82, 2.24) is 10.2 Å². The van der Waals surface area contributed by atoms with Crippen LogP contribution < -0.4 is 15.6 Å². The number of rotatable bonds is 3. The molecule has 0 aliphatic carbocycles. The molecule has 7 heteroatoms. The smallest absolute Gasteiger partial charge is 0.276 e. The minimum atomic E-state index is -0.473. The second-order valence-corrected chi connectivity index (χ2v) is 4.47. The average Bonchev–Trinajstić information content (AvgIpc) is 2.43. The molecule has 104 valence electrons. The molecule has 6 nitrogen and oxygen atoms in total. The van der Waals surface area contributed by atoms with Crippen LogP contribution in [0.4, 0.5) is 5.69 Å². The fraction of sp³-hybridized carbons (Fsp3) is 0.154. The molecule has 0 atom stereocenters. The lowest BCUT2D eigenvalue weighted by Gasteiger charge is -2.11. The Morgan fingerprint density at radius 1 is 1.40 bits per heavy atom. The number of benzene rings is 1. The maximum absolute atomic E-state index is 12.0. The van der Waals surface area contributed by atoms with Gasteiger partial charge in [0.15, 0.2) is 0 Å². The number of hydrogen-bond donors (Lipinski definition) is 2. The van der Waals surface area contributed by atoms with Crippen LogP contribution in [0, 0.1) is 6.92 Å². The maximum atomic E-state index is 12.0. The highest BCUT2D eigenvalue weighted by atomic mass is 35.5. The first-order valence-electron chi connectivity index (χ1n) is 5.72. The van der Waals surface area contributed by atoms with Crippen LogP contribution in [0.25, 0.3) is 0 Å². The standard InChI is InChI=1S/C13H12ClN3O3/c1-7-5-11(20-2)10(6-8(7)14)15-13(19)9-3-4-12(18)17-16-9/h3-6H,1-2H3,(H,15,19)(H,17,18). The van der Waals surface area contributed by atoms with Crippen molar-refractivity contribution in [1.29, 1.82) is 0 Å². The van der Waals surface area contributed by atoms with Crippen molar-refractivity contribution < 1.29 is 9.53 Å². The number of aromatic nitrogens is 2. The number of nitrogens with zero attached hydrogens (tertiary/aromatic N) is 1. The molecule has 2 N–H and O–H groups in total. The molecule has 0 spiro atoms. The van der Waals surface area contributed by atoms with Crippen molar-refractivity contribution in [2.45, 2.75) is 6.92 Å². The van der Waals surface area contributed by atoms with E-state index in [0.29, 0.717) is 16.5 Å². The van der Waals surface area contributed by atoms with E-state index in [1.165, 1.54) is 19.2 Å². The lowest BCUT2D eigenvalue weighted by Crippen LogP contribution is -2.17. The summed E-state index contributed by atoms with van der Waals surface area (Å²) < 4.78 is 5.19. The largest absolute Gasteiger partial charge is 0.495 e. The Hall–Kier alpha value is -2.34. The summed E-state index contributed by atoms with van der Waals surface area (Å²) >= 11 is 6.02. The average molecular weight is 294 g/mol. The SMILES string of the molecule is COc1cc(C)c(Cl)cc1NC(=O)c1ccc(=O)[nH]n1. The van der Waals surface area contributed by atoms with Crippen molar-refractivity contribution in [3.05, 3.63) is 50.9 Å². The summed E-state index contributed by atoms with van der Waals surface area (Å²) in [5, 5.41) is 8.98. The third-order valence-electron chi connectivity index (χ3n) is 2.64. The molecule has 2 aromatic rings. The number of hydrogen-bond acceptors (Lipinski definition) is 4. The zero-order chi connectivity index (χ0) is 14.7. The van der Waals surface area contributed by atoms with Crippen LogP contribution in [0.5, 0.6) is 5.75 Å². The predicted molar refractivity (Wildman–Crippen MR) is 75.6 cm³/mol. The number of nitrogens with one attached hydrogen (secondary N) is 2. The highest BCUT2D eigenvalue weighted by Crippen LogP contribution is 2.31. The van der Waals surface area contributed by atoms with Gasteiger partial charge < -0.3 is 10.1 Å². The van der Waals surface area contributed by atoms with Gasteiger partial charge in [-0.15, -0.1) is 0 Å². The van der Waals surface area contributed by atoms with Gasteiger partial charge in [0.25, 0.3) is 11.5 Å². The first kappa shape index (κ1) is 14.1. The molecule has 2 rings (SSSR count). The van der Waals surface area contributed by atoms with Gasteiger partial charge >= 0.3 is 0 Å². The Morgan fingerprint density at radius 2 is 2.15 bits per heavy atom. The van der Waals surface area contributed by atoms with Gasteiger partial charge in [-0.2, -0.15) is 5.10 Å². The highest BCUT2D eigenvalue weighted by Gasteiger charge is 2.13. The molecule has 0 radical (unpaired) electrons. The third kappa shape index (κ3) is 2.97. The Balaban J connectivity index is 2.29. The lowest BCUT2D eigenvalue weighted by atomic mass is 10.2. The number of methoxy groups -OCH3 is 1. The number of aryl methyl sites for hydroxylation is 1. The van der Waals surface area contributed by atoms with E-state index in [1.54, 1.807) is 12.1 Å². The van der Waals surface area contributed by atoms with E-state index in [1.807, 2.05) is 6.92 Å². The van der Waals surface area contributed by atoms with Gasteiger partial charge in [-0.05, 0) is 30.7 Å². The summed E-state index contributed by atoms with van der Waals surface area (Å²) in [5.74, 6) is 0.0177. The van der Waals surface area contributed by atoms with Crippen LogP contribution in [-0.4, -0.2) is 23.2 Å². The van der Waals surface area contributed by atoms with E-state index in [-0.39, 0.29) is 11.3 Å². The number of amides is 1. The van der Waals surface area contributed by atoms with Crippen molar-refractivity contribution >= 4 is 23.2 Å². The lowest BCUT2D eigenvalue weighted by molar-refractivity contribution is 0.102. The predicted octanol–water partition coefficient (Wildman–Crippen LogP) is 1.99. The van der Waals surface area contributed by atoms with E-state index in [4.69, 9.17) is 16.3 Å². The van der Waals surface area contributed by atoms with Gasteiger partial charge in [0, 0.05) is 11.1 Å². The Bertz CT molecular complexity index is 692. The molecular weight excluding hydrogens is 282 g/mol. The Kier molecular flexibility index (Phi) is 4.05. The normalized spacial score (nSPS) is 10.2. The quantitative estimate of drug-likeness (QED) is 0.906. The molecule has 1 aromatic carbocycles. The molecule has 0 aliphatic heterocycles. The molecule has 1 aromatic heterocycles. The van der Waals surface area contributed by atoms with E-state index in [0.717, 1.165) is 5.56 Å². The van der Waals surface area contributed by atoms with E-state index >= 15 is 0 Å². The van der Waals surface area contributed by atoms with Crippen LogP contribution in [0.15, 0.2) is 29.1 Å². The Morgan fingerprint density at radius 3 is 2.75 bits per heavy atom. The van der Waals surface area contributed by atoms with E-state index in [9.17, 15) is 9.59 Å². The summed E-state index contributed by atoms with van der Waals surface area (Å²) in [6, 6.07) is 5.87. The molecule has 20 heavy (non-hydrogen) atoms. The first-order chi connectivity index (χ1) is 9.51. The van der Waals surface area contributed by atoms with Crippen LogP contribution in [-0.2, 0) is 0 Å². The monoisotopic (exact) mass is 293 g/mol. The summed E-state index contributed by atoms with van der Waals surface area (Å²) in [4.78, 5) is 22.9. The zero-order valence-corrected chi connectivity index (χ0v) is 11.6. The van der Waals surface area contributed by atoms with Crippen molar-refractivity contribution in [3.8, 4) is 5.75 Å². The summed E-state index contributed by atoms with van der Waals surface area (Å²) in [7, 11) is 1.50. The van der Waals surface area contributed by atoms with Gasteiger partial charge in [-0.3, -0.25) is 9.59 Å². The molecular formula is C13H12ClN3O3. The number of carbonyl (C=O) groups excluding carboxylic acids is 1. The molecule has 0 unspecified atom stereocenters. The number of H-pyrrole nitrogens is 1. The molecule has 0 saturated heterocycles. The van der Waals surface area contributed by atoms with Crippen LogP contribution in [0.2, 0.25) is 5.02 Å². The first-order valence-corrected chi connectivity index (χ1v) is 6.10. The van der Waals surface area contributed by atoms with Gasteiger partial charge in [-0.25, -0.2) is 5.10 Å². The van der Waals surface area contributed by atoms with Crippen LogP contribution >= 0.6 is 11.6 Å². The number of ether oxygens (including phenoxy) is 1. The van der Waals surface area contributed by atoms with Gasteiger partial charge in [0.2, 0.25) is 0 Å². The summed E-state index contributed by atoms with van der Waals surface area (Å²) in [6.07, 6.45) is 0. The number of carbonyl (C=O) groups is 1. The molecule has 0 aliphatic rings. The van der Waals surface area contributed by atoms with Crippen molar-refractivity contribution in [3.63, 3.8) is 0 Å². The topological polar surface area (TPSA) is 84.1 Å². The van der Waals surface area contributed by atoms with Gasteiger partial charge in [0.05, 0.1) is 12.8 Å². The van der Waals surface area contributed by atoms with Gasteiger partial charge in [-0.1, -0.05) is 11.6 Å². The maximum Gasteiger partial charge on any atom is 0.276 e. The van der Waals surface area contributed by atoms with Crippen molar-refractivity contribution in [2.75, 3.05) is 12.4 Å². The fourth-order valence-electron chi connectivity index (χ4n) is 1.58. The highest BCUT2D eigenvalue weighted by molar-refractivity contribution is 6.31. The third-order valence-corrected chi connectivity index (χ3v) is 3.05. The number of aromatic amines is 1. The molecule has 1 heterocycles. The van der Waals surface area contributed by atoms with E-state index < -0.39 is 5.91 Å². The zero-order valence-electron chi connectivity index (χ0n) is 10.9. The molecule has 0 saturated carbocycles. The second kappa shape index (κ2) is 5.75. The van der Waals surface area contributed by atoms with Crippen molar-refractivity contribution in [2.24, 2.45) is 0 Å². The number of anilines is 1. The summed E-state index contributed by atoms with van der Waals surface area (Å²) in [5.41, 5.74) is 0.977. The minimum absolute atomic E-state index is 0.0864. The minimum Gasteiger partial charge on any atom is -0.495 e. The van der Waals surface area contributed by atoms with E-state index in [2.05, 4.69) is 15.5 Å². The van der Waals surface area contributed by atoms with Crippen LogP contribution in [0.3, 0.4) is 0 Å². The molecule has 1 amide bonds. The molecule has 0 bridgehead atoms.